The van der Waals surface area contributed by atoms with Crippen molar-refractivity contribution >= 4 is 16.8 Å². The van der Waals surface area contributed by atoms with Gasteiger partial charge in [-0.2, -0.15) is 0 Å². The van der Waals surface area contributed by atoms with Crippen molar-refractivity contribution in [3.63, 3.8) is 0 Å². The fraction of sp³-hybridized carbons (Fsp3) is 0.250. The molecule has 0 saturated carbocycles. The highest BCUT2D eigenvalue weighted by molar-refractivity contribution is 5.80. The predicted octanol–water partition coefficient (Wildman–Crippen LogP) is 2.10. The average molecular weight is 288 g/mol. The van der Waals surface area contributed by atoms with Crippen LogP contribution in [-0.4, -0.2) is 22.5 Å². The number of H-pyrrole nitrogens is 1. The molecule has 0 unspecified atom stereocenters. The van der Waals surface area contributed by atoms with Crippen LogP contribution in [0.15, 0.2) is 41.8 Å². The number of pyridine rings is 1. The zero-order valence-electron chi connectivity index (χ0n) is 12.3. The molecule has 1 heterocycles. The van der Waals surface area contributed by atoms with Gasteiger partial charge in [0.2, 0.25) is 11.3 Å². The molecule has 0 fully saturated rings. The van der Waals surface area contributed by atoms with Gasteiger partial charge in [0.25, 0.3) is 0 Å². The lowest BCUT2D eigenvalue weighted by atomic mass is 10.1. The topological polar surface area (TPSA) is 82.2 Å². The second-order valence-electron chi connectivity index (χ2n) is 4.52. The first-order valence-corrected chi connectivity index (χ1v) is 6.64. The van der Waals surface area contributed by atoms with Crippen LogP contribution in [0.5, 0.6) is 5.75 Å². The molecule has 112 valence electrons. The number of carbonyl (C=O) groups is 1. The van der Waals surface area contributed by atoms with Crippen LogP contribution in [0.1, 0.15) is 19.4 Å². The maximum absolute atomic E-state index is 11.7. The van der Waals surface area contributed by atoms with Crippen molar-refractivity contribution in [3.8, 4) is 5.75 Å². The molecular formula is C16H20N2O3. The van der Waals surface area contributed by atoms with Gasteiger partial charge in [0.15, 0.2) is 5.75 Å². The molecule has 21 heavy (non-hydrogen) atoms. The molecule has 2 aromatic rings. The summed E-state index contributed by atoms with van der Waals surface area (Å²) in [4.78, 5) is 25.3. The molecule has 1 aromatic carbocycles. The van der Waals surface area contributed by atoms with Crippen molar-refractivity contribution in [3.05, 3.63) is 52.8 Å². The summed E-state index contributed by atoms with van der Waals surface area (Å²) in [5.41, 5.74) is 1.23. The molecular weight excluding hydrogens is 268 g/mol. The molecule has 0 bridgehead atoms. The van der Waals surface area contributed by atoms with E-state index in [0.717, 1.165) is 5.56 Å². The standard InChI is InChI=1S/C13H14N2O3.C3H6/c1-8(16)14-5-4-9-2-3-11-10(6-9)13(18)12(17)7-15-11;1-3-2/h2-3,6-7,17H,4-5H2,1H3,(H,14,16)(H,15,18);3H,1H2,2H3. The molecule has 0 aliphatic rings. The Kier molecular flexibility index (Phi) is 6.20. The Balaban J connectivity index is 0.000000677. The number of allylic oxidation sites excluding steroid dienone is 1. The van der Waals surface area contributed by atoms with E-state index in [4.69, 9.17) is 0 Å². The third-order valence-electron chi connectivity index (χ3n) is 2.71. The minimum atomic E-state index is -0.384. The lowest BCUT2D eigenvalue weighted by Crippen LogP contribution is -2.22. The summed E-state index contributed by atoms with van der Waals surface area (Å²) in [6, 6.07) is 5.41. The van der Waals surface area contributed by atoms with Gasteiger partial charge in [0.1, 0.15) is 0 Å². The minimum Gasteiger partial charge on any atom is -0.503 e. The van der Waals surface area contributed by atoms with Gasteiger partial charge in [-0.25, -0.2) is 0 Å². The number of fused-ring (bicyclic) bond motifs is 1. The van der Waals surface area contributed by atoms with Crippen LogP contribution in [0.3, 0.4) is 0 Å². The highest BCUT2D eigenvalue weighted by Crippen LogP contribution is 2.13. The van der Waals surface area contributed by atoms with E-state index < -0.39 is 0 Å². The fourth-order valence-electron chi connectivity index (χ4n) is 1.79. The number of hydrogen-bond donors (Lipinski definition) is 3. The van der Waals surface area contributed by atoms with Crippen molar-refractivity contribution in [1.82, 2.24) is 10.3 Å². The average Bonchev–Trinajstić information content (AvgIpc) is 2.44. The van der Waals surface area contributed by atoms with Gasteiger partial charge in [-0.05, 0) is 31.0 Å². The van der Waals surface area contributed by atoms with Crippen molar-refractivity contribution in [2.45, 2.75) is 20.3 Å². The van der Waals surface area contributed by atoms with Crippen LogP contribution in [0.2, 0.25) is 0 Å². The van der Waals surface area contributed by atoms with Crippen LogP contribution in [0, 0.1) is 0 Å². The maximum atomic E-state index is 11.7. The Labute approximate surface area is 123 Å². The van der Waals surface area contributed by atoms with Gasteiger partial charge in [0.05, 0.1) is 0 Å². The first kappa shape index (κ1) is 16.5. The van der Waals surface area contributed by atoms with Crippen molar-refractivity contribution in [1.29, 1.82) is 0 Å². The quantitative estimate of drug-likeness (QED) is 0.756. The molecule has 0 spiro atoms. The first-order valence-electron chi connectivity index (χ1n) is 6.64. The van der Waals surface area contributed by atoms with E-state index in [1.165, 1.54) is 13.1 Å². The number of carbonyl (C=O) groups excluding carboxylic acids is 1. The summed E-state index contributed by atoms with van der Waals surface area (Å²) in [7, 11) is 0. The third-order valence-corrected chi connectivity index (χ3v) is 2.71. The lowest BCUT2D eigenvalue weighted by Gasteiger charge is -2.04. The Bertz CT molecular complexity index is 689. The Morgan fingerprint density at radius 3 is 2.76 bits per heavy atom. The second-order valence-corrected chi connectivity index (χ2v) is 4.52. The number of benzene rings is 1. The largest absolute Gasteiger partial charge is 0.503 e. The molecule has 0 aliphatic carbocycles. The molecule has 1 amide bonds. The van der Waals surface area contributed by atoms with E-state index >= 15 is 0 Å². The Morgan fingerprint density at radius 2 is 2.14 bits per heavy atom. The van der Waals surface area contributed by atoms with Crippen LogP contribution in [0.25, 0.3) is 10.9 Å². The highest BCUT2D eigenvalue weighted by atomic mass is 16.3. The molecule has 2 rings (SSSR count). The van der Waals surface area contributed by atoms with Crippen LogP contribution in [-0.2, 0) is 11.2 Å². The fourth-order valence-corrected chi connectivity index (χ4v) is 1.79. The SMILES string of the molecule is C=CC.CC(=O)NCCc1ccc2[nH]cc(O)c(=O)c2c1. The number of hydrogen-bond acceptors (Lipinski definition) is 3. The van der Waals surface area contributed by atoms with Crippen molar-refractivity contribution < 1.29 is 9.90 Å². The number of aromatic hydroxyl groups is 1. The Hall–Kier alpha value is -2.56. The lowest BCUT2D eigenvalue weighted by molar-refractivity contribution is -0.118. The van der Waals surface area contributed by atoms with Crippen LogP contribution >= 0.6 is 0 Å². The van der Waals surface area contributed by atoms with Gasteiger partial charge in [-0.15, -0.1) is 6.58 Å². The molecule has 0 aliphatic heterocycles. The number of rotatable bonds is 3. The van der Waals surface area contributed by atoms with E-state index in [1.807, 2.05) is 13.0 Å². The van der Waals surface area contributed by atoms with Gasteiger partial charge in [-0.1, -0.05) is 12.1 Å². The summed E-state index contributed by atoms with van der Waals surface area (Å²) >= 11 is 0. The van der Waals surface area contributed by atoms with E-state index in [0.29, 0.717) is 23.9 Å². The summed E-state index contributed by atoms with van der Waals surface area (Å²) in [5, 5.41) is 12.5. The summed E-state index contributed by atoms with van der Waals surface area (Å²) in [5.74, 6) is -0.368. The molecule has 3 N–H and O–H groups in total. The van der Waals surface area contributed by atoms with Crippen molar-refractivity contribution in [2.75, 3.05) is 6.54 Å². The third kappa shape index (κ3) is 4.80. The molecule has 0 saturated heterocycles. The summed E-state index contributed by atoms with van der Waals surface area (Å²) in [6.45, 7) is 7.24. The zero-order valence-corrected chi connectivity index (χ0v) is 12.3. The van der Waals surface area contributed by atoms with E-state index in [9.17, 15) is 14.7 Å². The number of aromatic nitrogens is 1. The normalized spacial score (nSPS) is 9.62. The van der Waals surface area contributed by atoms with Gasteiger partial charge in [-0.3, -0.25) is 9.59 Å². The maximum Gasteiger partial charge on any atom is 0.230 e. The van der Waals surface area contributed by atoms with Gasteiger partial charge >= 0.3 is 0 Å². The van der Waals surface area contributed by atoms with Gasteiger partial charge < -0.3 is 15.4 Å². The smallest absolute Gasteiger partial charge is 0.230 e. The second kappa shape index (κ2) is 7.89. The molecule has 5 nitrogen and oxygen atoms in total. The first-order chi connectivity index (χ1) is 9.99. The molecule has 0 radical (unpaired) electrons. The Morgan fingerprint density at radius 1 is 1.48 bits per heavy atom. The number of aromatic amines is 1. The zero-order chi connectivity index (χ0) is 15.8. The van der Waals surface area contributed by atoms with Gasteiger partial charge in [0, 0.05) is 30.6 Å². The molecule has 5 heteroatoms. The number of amides is 1. The van der Waals surface area contributed by atoms with Crippen LogP contribution < -0.4 is 10.7 Å². The van der Waals surface area contributed by atoms with Crippen LogP contribution in [0.4, 0.5) is 0 Å². The molecule has 0 atom stereocenters. The van der Waals surface area contributed by atoms with E-state index in [1.54, 1.807) is 18.2 Å². The van der Waals surface area contributed by atoms with E-state index in [2.05, 4.69) is 16.9 Å². The predicted molar refractivity (Wildman–Crippen MR) is 84.5 cm³/mol. The summed E-state index contributed by atoms with van der Waals surface area (Å²) in [6.07, 6.45) is 3.67. The number of nitrogens with one attached hydrogen (secondary N) is 2. The molecule has 1 aromatic heterocycles. The summed E-state index contributed by atoms with van der Waals surface area (Å²) < 4.78 is 0. The monoisotopic (exact) mass is 288 g/mol. The van der Waals surface area contributed by atoms with E-state index in [-0.39, 0.29) is 17.1 Å². The minimum absolute atomic E-state index is 0.0775. The van der Waals surface area contributed by atoms with Crippen molar-refractivity contribution in [2.24, 2.45) is 0 Å². The highest BCUT2D eigenvalue weighted by Gasteiger charge is 2.04.